The lowest BCUT2D eigenvalue weighted by Crippen LogP contribution is -2.47. The SMILES string of the molecule is CC1(C)[C@H]2CC[C@@]3(C)C(=O)N(NC(=O)c4ccc(O)cc4)C(=O)[C@@]213. The number of amides is 3. The van der Waals surface area contributed by atoms with E-state index in [1.807, 2.05) is 20.8 Å². The molecular weight excluding hydrogens is 308 g/mol. The van der Waals surface area contributed by atoms with Crippen LogP contribution in [-0.2, 0) is 9.59 Å². The second-order valence-corrected chi connectivity index (χ2v) is 7.89. The number of imide groups is 1. The zero-order chi connectivity index (χ0) is 17.5. The first-order valence-corrected chi connectivity index (χ1v) is 8.17. The molecule has 3 atom stereocenters. The number of aromatic hydroxyl groups is 1. The highest BCUT2D eigenvalue weighted by Gasteiger charge is 2.90. The highest BCUT2D eigenvalue weighted by Crippen LogP contribution is 2.85. The van der Waals surface area contributed by atoms with Gasteiger partial charge in [-0.15, -0.1) is 0 Å². The van der Waals surface area contributed by atoms with Crippen molar-refractivity contribution < 1.29 is 19.5 Å². The van der Waals surface area contributed by atoms with Gasteiger partial charge in [-0.3, -0.25) is 19.8 Å². The summed E-state index contributed by atoms with van der Waals surface area (Å²) in [6.07, 6.45) is 1.55. The molecule has 3 amide bonds. The van der Waals surface area contributed by atoms with Crippen molar-refractivity contribution in [2.24, 2.45) is 22.2 Å². The minimum absolute atomic E-state index is 0.0448. The standard InChI is InChI=1S/C18H20N2O4/c1-16(2)12-8-9-17(3)14(23)20(15(24)18(12,16)17)19-13(22)10-4-6-11(21)7-5-10/h4-7,12,21H,8-9H2,1-3H3,(H,19,22)/t12-,17+,18+/m1/s1. The molecule has 1 heterocycles. The lowest BCUT2D eigenvalue weighted by Gasteiger charge is -2.27. The number of carbonyl (C=O) groups is 3. The van der Waals surface area contributed by atoms with Crippen molar-refractivity contribution in [3.63, 3.8) is 0 Å². The van der Waals surface area contributed by atoms with Crippen molar-refractivity contribution in [1.82, 2.24) is 10.4 Å². The maximum Gasteiger partial charge on any atom is 0.270 e. The van der Waals surface area contributed by atoms with Crippen molar-refractivity contribution in [2.75, 3.05) is 0 Å². The Kier molecular flexibility index (Phi) is 2.64. The summed E-state index contributed by atoms with van der Waals surface area (Å²) in [6.45, 7) is 5.92. The third kappa shape index (κ3) is 1.41. The average molecular weight is 328 g/mol. The van der Waals surface area contributed by atoms with Gasteiger partial charge in [-0.25, -0.2) is 0 Å². The summed E-state index contributed by atoms with van der Waals surface area (Å²) in [7, 11) is 0. The molecule has 126 valence electrons. The van der Waals surface area contributed by atoms with Crippen LogP contribution in [-0.4, -0.2) is 27.8 Å². The number of nitrogens with one attached hydrogen (secondary N) is 1. The zero-order valence-electron chi connectivity index (χ0n) is 13.9. The minimum atomic E-state index is -0.736. The lowest BCUT2D eigenvalue weighted by atomic mass is 9.71. The Labute approximate surface area is 139 Å². The van der Waals surface area contributed by atoms with E-state index in [4.69, 9.17) is 0 Å². The van der Waals surface area contributed by atoms with Crippen molar-refractivity contribution in [3.05, 3.63) is 29.8 Å². The number of hydrogen-bond donors (Lipinski definition) is 2. The molecule has 0 radical (unpaired) electrons. The Hall–Kier alpha value is -2.37. The van der Waals surface area contributed by atoms with Gasteiger partial charge in [0, 0.05) is 5.56 Å². The second-order valence-electron chi connectivity index (χ2n) is 7.89. The third-order valence-electron chi connectivity index (χ3n) is 6.69. The van der Waals surface area contributed by atoms with Gasteiger partial charge >= 0.3 is 0 Å². The van der Waals surface area contributed by atoms with Gasteiger partial charge in [0.05, 0.1) is 10.8 Å². The number of phenolic OH excluding ortho intramolecular Hbond substituents is 1. The Morgan fingerprint density at radius 1 is 1.17 bits per heavy atom. The summed E-state index contributed by atoms with van der Waals surface area (Å²) in [6, 6.07) is 5.66. The molecule has 4 rings (SSSR count). The summed E-state index contributed by atoms with van der Waals surface area (Å²) in [5.74, 6) is -0.889. The molecule has 2 saturated carbocycles. The fourth-order valence-electron chi connectivity index (χ4n) is 5.51. The molecule has 1 aromatic rings. The molecule has 1 aromatic carbocycles. The number of rotatable bonds is 2. The Balaban J connectivity index is 1.64. The van der Waals surface area contributed by atoms with Crippen LogP contribution in [0.3, 0.4) is 0 Å². The van der Waals surface area contributed by atoms with Crippen LogP contribution in [0.4, 0.5) is 0 Å². The van der Waals surface area contributed by atoms with Crippen LogP contribution in [0.2, 0.25) is 0 Å². The number of hydrazine groups is 1. The van der Waals surface area contributed by atoms with Gasteiger partial charge in [0.1, 0.15) is 5.75 Å². The number of benzene rings is 1. The topological polar surface area (TPSA) is 86.7 Å². The van der Waals surface area contributed by atoms with E-state index in [2.05, 4.69) is 5.43 Å². The quantitative estimate of drug-likeness (QED) is 0.811. The zero-order valence-corrected chi connectivity index (χ0v) is 13.9. The molecule has 1 spiro atoms. The van der Waals surface area contributed by atoms with Gasteiger partial charge in [-0.05, 0) is 55.4 Å². The molecule has 0 bridgehead atoms. The maximum absolute atomic E-state index is 13.1. The molecule has 24 heavy (non-hydrogen) atoms. The number of nitrogens with zero attached hydrogens (tertiary/aromatic N) is 1. The molecule has 1 aliphatic heterocycles. The first-order valence-electron chi connectivity index (χ1n) is 8.17. The van der Waals surface area contributed by atoms with Gasteiger partial charge in [-0.2, -0.15) is 5.01 Å². The Morgan fingerprint density at radius 2 is 1.79 bits per heavy atom. The fraction of sp³-hybridized carbons (Fsp3) is 0.500. The van der Waals surface area contributed by atoms with E-state index in [1.165, 1.54) is 24.3 Å². The Bertz CT molecular complexity index is 785. The van der Waals surface area contributed by atoms with Crippen LogP contribution in [0.25, 0.3) is 0 Å². The molecule has 0 aromatic heterocycles. The van der Waals surface area contributed by atoms with E-state index in [-0.39, 0.29) is 34.5 Å². The Morgan fingerprint density at radius 3 is 2.33 bits per heavy atom. The smallest absolute Gasteiger partial charge is 0.270 e. The second kappa shape index (κ2) is 4.18. The highest BCUT2D eigenvalue weighted by atomic mass is 16.3. The van der Waals surface area contributed by atoms with E-state index >= 15 is 0 Å². The molecular formula is C18H20N2O4. The minimum Gasteiger partial charge on any atom is -0.508 e. The third-order valence-corrected chi connectivity index (χ3v) is 6.69. The van der Waals surface area contributed by atoms with Gasteiger partial charge in [0.2, 0.25) is 0 Å². The predicted molar refractivity (Wildman–Crippen MR) is 84.5 cm³/mol. The van der Waals surface area contributed by atoms with E-state index in [0.29, 0.717) is 6.42 Å². The van der Waals surface area contributed by atoms with Crippen LogP contribution >= 0.6 is 0 Å². The van der Waals surface area contributed by atoms with Gasteiger partial charge in [0.25, 0.3) is 17.7 Å². The van der Waals surface area contributed by atoms with Crippen molar-refractivity contribution in [1.29, 1.82) is 0 Å². The molecule has 1 saturated heterocycles. The van der Waals surface area contributed by atoms with Gasteiger partial charge in [-0.1, -0.05) is 13.8 Å². The van der Waals surface area contributed by atoms with Crippen LogP contribution < -0.4 is 5.43 Å². The normalized spacial score (nSPS) is 35.6. The number of carbonyl (C=O) groups excluding carboxylic acids is 3. The summed E-state index contributed by atoms with van der Waals surface area (Å²) in [4.78, 5) is 38.3. The highest BCUT2D eigenvalue weighted by molar-refractivity contribution is 6.14. The molecule has 3 fully saturated rings. The summed E-state index contributed by atoms with van der Waals surface area (Å²) in [5.41, 5.74) is 1.11. The van der Waals surface area contributed by atoms with Crippen LogP contribution in [0.1, 0.15) is 44.0 Å². The molecule has 2 aliphatic carbocycles. The van der Waals surface area contributed by atoms with E-state index in [1.54, 1.807) is 0 Å². The molecule has 2 N–H and O–H groups in total. The van der Waals surface area contributed by atoms with E-state index in [9.17, 15) is 19.5 Å². The van der Waals surface area contributed by atoms with E-state index in [0.717, 1.165) is 11.4 Å². The van der Waals surface area contributed by atoms with Crippen molar-refractivity contribution >= 4 is 17.7 Å². The molecule has 3 aliphatic rings. The van der Waals surface area contributed by atoms with E-state index < -0.39 is 16.7 Å². The summed E-state index contributed by atoms with van der Waals surface area (Å²) < 4.78 is 0. The monoisotopic (exact) mass is 328 g/mol. The lowest BCUT2D eigenvalue weighted by molar-refractivity contribution is -0.144. The molecule has 6 nitrogen and oxygen atoms in total. The summed E-state index contributed by atoms with van der Waals surface area (Å²) >= 11 is 0. The van der Waals surface area contributed by atoms with Crippen LogP contribution in [0.5, 0.6) is 5.75 Å². The number of phenols is 1. The average Bonchev–Trinajstić information content (AvgIpc) is 2.78. The van der Waals surface area contributed by atoms with Crippen molar-refractivity contribution in [3.8, 4) is 5.75 Å². The molecule has 6 heteroatoms. The van der Waals surface area contributed by atoms with Crippen molar-refractivity contribution in [2.45, 2.75) is 33.6 Å². The maximum atomic E-state index is 13.1. The van der Waals surface area contributed by atoms with Crippen LogP contribution in [0.15, 0.2) is 24.3 Å². The predicted octanol–water partition coefficient (Wildman–Crippen LogP) is 1.85. The van der Waals surface area contributed by atoms with Gasteiger partial charge < -0.3 is 5.11 Å². The largest absolute Gasteiger partial charge is 0.508 e. The molecule has 0 unspecified atom stereocenters. The first-order chi connectivity index (χ1) is 11.2. The number of hydrogen-bond acceptors (Lipinski definition) is 4. The fourth-order valence-corrected chi connectivity index (χ4v) is 5.51. The summed E-state index contributed by atoms with van der Waals surface area (Å²) in [5, 5.41) is 10.2. The first kappa shape index (κ1) is 15.2. The van der Waals surface area contributed by atoms with Crippen LogP contribution in [0, 0.1) is 22.2 Å². The van der Waals surface area contributed by atoms with Gasteiger partial charge in [0.15, 0.2) is 0 Å².